The van der Waals surface area contributed by atoms with E-state index in [9.17, 15) is 4.79 Å². The fourth-order valence-corrected chi connectivity index (χ4v) is 5.10. The predicted octanol–water partition coefficient (Wildman–Crippen LogP) is 4.02. The van der Waals surface area contributed by atoms with Crippen molar-refractivity contribution in [3.63, 3.8) is 0 Å². The molecule has 4 rings (SSSR count). The molecule has 1 N–H and O–H groups in total. The molecule has 2 aromatic rings. The number of aryl methyl sites for hydroxylation is 1. The number of carbonyl (C=O) groups excluding carboxylic acids is 1. The molecular formula is C23H29N3OS. The van der Waals surface area contributed by atoms with Crippen molar-refractivity contribution in [2.45, 2.75) is 32.4 Å². The number of hydrogen-bond donors (Lipinski definition) is 1. The molecule has 2 heterocycles. The van der Waals surface area contributed by atoms with E-state index in [1.54, 1.807) is 0 Å². The molecule has 2 aliphatic rings. The zero-order valence-electron chi connectivity index (χ0n) is 16.6. The van der Waals surface area contributed by atoms with E-state index in [1.807, 2.05) is 23.9 Å². The second-order valence-electron chi connectivity index (χ2n) is 7.78. The third-order valence-corrected chi connectivity index (χ3v) is 6.64. The number of benzene rings is 2. The molecule has 1 saturated heterocycles. The van der Waals surface area contributed by atoms with Crippen LogP contribution in [0.4, 0.5) is 11.4 Å². The lowest BCUT2D eigenvalue weighted by molar-refractivity contribution is -0.115. The highest BCUT2D eigenvalue weighted by atomic mass is 32.2. The van der Waals surface area contributed by atoms with Crippen molar-refractivity contribution in [3.05, 3.63) is 59.7 Å². The molecule has 0 radical (unpaired) electrons. The molecule has 5 heteroatoms. The Kier molecular flexibility index (Phi) is 6.23. The fourth-order valence-electron chi connectivity index (χ4n) is 4.12. The number of thioether (sulfide) groups is 1. The van der Waals surface area contributed by atoms with Gasteiger partial charge in [-0.1, -0.05) is 30.3 Å². The molecule has 1 amide bonds. The van der Waals surface area contributed by atoms with Crippen molar-refractivity contribution in [1.29, 1.82) is 0 Å². The monoisotopic (exact) mass is 395 g/mol. The summed E-state index contributed by atoms with van der Waals surface area (Å²) in [6.07, 6.45) is 2.18. The van der Waals surface area contributed by atoms with Crippen LogP contribution in [0, 0.1) is 0 Å². The number of rotatable bonds is 5. The second-order valence-corrected chi connectivity index (χ2v) is 9.01. The maximum Gasteiger partial charge on any atom is 0.243 e. The summed E-state index contributed by atoms with van der Waals surface area (Å²) in [5.41, 5.74) is 4.71. The van der Waals surface area contributed by atoms with Crippen molar-refractivity contribution in [3.8, 4) is 0 Å². The molecule has 1 fully saturated rings. The summed E-state index contributed by atoms with van der Waals surface area (Å²) in [5, 5.41) is 3.11. The number of anilines is 2. The maximum atomic E-state index is 12.8. The number of para-hydroxylation sites is 1. The van der Waals surface area contributed by atoms with Crippen molar-refractivity contribution < 1.29 is 4.79 Å². The van der Waals surface area contributed by atoms with E-state index in [0.717, 1.165) is 38.2 Å². The number of fused-ring (bicyclic) bond motifs is 1. The van der Waals surface area contributed by atoms with Crippen LogP contribution in [-0.4, -0.2) is 48.0 Å². The van der Waals surface area contributed by atoms with Gasteiger partial charge >= 0.3 is 0 Å². The highest BCUT2D eigenvalue weighted by molar-refractivity contribution is 7.99. The smallest absolute Gasteiger partial charge is 0.243 e. The Hall–Kier alpha value is -1.98. The zero-order valence-corrected chi connectivity index (χ0v) is 17.4. The predicted molar refractivity (Wildman–Crippen MR) is 119 cm³/mol. The molecule has 2 aromatic carbocycles. The first-order chi connectivity index (χ1) is 13.7. The molecule has 0 bridgehead atoms. The lowest BCUT2D eigenvalue weighted by Crippen LogP contribution is -2.42. The van der Waals surface area contributed by atoms with Gasteiger partial charge < -0.3 is 10.2 Å². The molecule has 0 spiro atoms. The number of nitrogens with one attached hydrogen (secondary N) is 1. The van der Waals surface area contributed by atoms with Crippen LogP contribution < -0.4 is 10.2 Å². The fraction of sp³-hybridized carbons (Fsp3) is 0.435. The Bertz CT molecular complexity index is 819. The summed E-state index contributed by atoms with van der Waals surface area (Å²) in [4.78, 5) is 17.5. The summed E-state index contributed by atoms with van der Waals surface area (Å²) < 4.78 is 0. The first-order valence-corrected chi connectivity index (χ1v) is 11.4. The summed E-state index contributed by atoms with van der Waals surface area (Å²) in [6, 6.07) is 17.1. The van der Waals surface area contributed by atoms with Gasteiger partial charge in [0.25, 0.3) is 0 Å². The zero-order chi connectivity index (χ0) is 19.3. The first-order valence-electron chi connectivity index (χ1n) is 10.2. The lowest BCUT2D eigenvalue weighted by atomic mass is 9.96. The third-order valence-electron chi connectivity index (χ3n) is 5.70. The Morgan fingerprint density at radius 2 is 1.96 bits per heavy atom. The first kappa shape index (κ1) is 19.3. The standard InChI is InChI=1S/C23H29N3OS/c1-18-9-10-20-6-2-3-8-22(20)26(18)17-23(27)24-21-7-4-5-19(15-21)16-25-11-13-28-14-12-25/h2-8,15,18H,9-14,16-17H2,1H3,(H,24,27). The molecule has 28 heavy (non-hydrogen) atoms. The van der Waals surface area contributed by atoms with Gasteiger partial charge in [0.05, 0.1) is 6.54 Å². The molecule has 1 unspecified atom stereocenters. The molecule has 1 atom stereocenters. The SMILES string of the molecule is CC1CCc2ccccc2N1CC(=O)Nc1cccc(CN2CCSCC2)c1. The highest BCUT2D eigenvalue weighted by Crippen LogP contribution is 2.30. The minimum Gasteiger partial charge on any atom is -0.359 e. The summed E-state index contributed by atoms with van der Waals surface area (Å²) >= 11 is 2.03. The molecule has 2 aliphatic heterocycles. The van der Waals surface area contributed by atoms with Gasteiger partial charge in [0, 0.05) is 48.6 Å². The number of nitrogens with zero attached hydrogens (tertiary/aromatic N) is 2. The van der Waals surface area contributed by atoms with Gasteiger partial charge in [-0.05, 0) is 49.1 Å². The Morgan fingerprint density at radius 3 is 2.82 bits per heavy atom. The van der Waals surface area contributed by atoms with Crippen molar-refractivity contribution >= 4 is 29.0 Å². The highest BCUT2D eigenvalue weighted by Gasteiger charge is 2.24. The molecule has 0 saturated carbocycles. The third kappa shape index (κ3) is 4.70. The van der Waals surface area contributed by atoms with E-state index in [2.05, 4.69) is 58.4 Å². The van der Waals surface area contributed by atoms with E-state index in [-0.39, 0.29) is 5.91 Å². The Balaban J connectivity index is 1.39. The van der Waals surface area contributed by atoms with E-state index in [4.69, 9.17) is 0 Å². The van der Waals surface area contributed by atoms with Gasteiger partial charge in [0.15, 0.2) is 0 Å². The van der Waals surface area contributed by atoms with Crippen LogP contribution >= 0.6 is 11.8 Å². The van der Waals surface area contributed by atoms with Crippen LogP contribution in [0.15, 0.2) is 48.5 Å². The van der Waals surface area contributed by atoms with E-state index >= 15 is 0 Å². The van der Waals surface area contributed by atoms with E-state index in [0.29, 0.717) is 12.6 Å². The van der Waals surface area contributed by atoms with Gasteiger partial charge in [-0.15, -0.1) is 0 Å². The van der Waals surface area contributed by atoms with Crippen LogP contribution in [-0.2, 0) is 17.8 Å². The summed E-state index contributed by atoms with van der Waals surface area (Å²) in [7, 11) is 0. The average molecular weight is 396 g/mol. The van der Waals surface area contributed by atoms with Crippen LogP contribution in [0.25, 0.3) is 0 Å². The minimum absolute atomic E-state index is 0.0510. The molecule has 0 aliphatic carbocycles. The largest absolute Gasteiger partial charge is 0.359 e. The Labute approximate surface area is 172 Å². The topological polar surface area (TPSA) is 35.6 Å². The van der Waals surface area contributed by atoms with E-state index in [1.165, 1.54) is 28.3 Å². The quantitative estimate of drug-likeness (QED) is 0.830. The van der Waals surface area contributed by atoms with Gasteiger partial charge in [0.1, 0.15) is 0 Å². The van der Waals surface area contributed by atoms with Gasteiger partial charge in [0.2, 0.25) is 5.91 Å². The summed E-state index contributed by atoms with van der Waals surface area (Å²) in [6.45, 7) is 5.86. The molecule has 4 nitrogen and oxygen atoms in total. The second kappa shape index (κ2) is 9.01. The van der Waals surface area contributed by atoms with Crippen molar-refractivity contribution in [2.75, 3.05) is 41.4 Å². The van der Waals surface area contributed by atoms with Gasteiger partial charge in [-0.2, -0.15) is 11.8 Å². The van der Waals surface area contributed by atoms with Crippen LogP contribution in [0.3, 0.4) is 0 Å². The minimum atomic E-state index is 0.0510. The number of carbonyl (C=O) groups is 1. The lowest BCUT2D eigenvalue weighted by Gasteiger charge is -2.36. The van der Waals surface area contributed by atoms with Crippen LogP contribution in [0.5, 0.6) is 0 Å². The molecular weight excluding hydrogens is 366 g/mol. The van der Waals surface area contributed by atoms with Gasteiger partial charge in [-0.25, -0.2) is 0 Å². The summed E-state index contributed by atoms with van der Waals surface area (Å²) in [5.74, 6) is 2.48. The average Bonchev–Trinajstić information content (AvgIpc) is 2.71. The van der Waals surface area contributed by atoms with Crippen LogP contribution in [0.2, 0.25) is 0 Å². The number of amides is 1. The van der Waals surface area contributed by atoms with Crippen molar-refractivity contribution in [2.24, 2.45) is 0 Å². The van der Waals surface area contributed by atoms with Crippen LogP contribution in [0.1, 0.15) is 24.5 Å². The van der Waals surface area contributed by atoms with E-state index < -0.39 is 0 Å². The Morgan fingerprint density at radius 1 is 1.14 bits per heavy atom. The van der Waals surface area contributed by atoms with Crippen molar-refractivity contribution in [1.82, 2.24) is 4.90 Å². The van der Waals surface area contributed by atoms with Gasteiger partial charge in [-0.3, -0.25) is 9.69 Å². The number of hydrogen-bond acceptors (Lipinski definition) is 4. The molecule has 0 aromatic heterocycles. The molecule has 148 valence electrons. The normalized spacial score (nSPS) is 19.9. The maximum absolute atomic E-state index is 12.8.